The van der Waals surface area contributed by atoms with Gasteiger partial charge in [0.15, 0.2) is 0 Å². The van der Waals surface area contributed by atoms with Crippen LogP contribution in [0.25, 0.3) is 0 Å². The highest BCUT2D eigenvalue weighted by Crippen LogP contribution is 2.38. The van der Waals surface area contributed by atoms with Gasteiger partial charge in [-0.15, -0.1) is 0 Å². The van der Waals surface area contributed by atoms with Crippen LogP contribution in [0.3, 0.4) is 0 Å². The molecule has 0 aromatic heterocycles. The van der Waals surface area contributed by atoms with Gasteiger partial charge in [-0.25, -0.2) is 0 Å². The second-order valence-corrected chi connectivity index (χ2v) is 4.03. The molecule has 0 bridgehead atoms. The average molecular weight is 278 g/mol. The van der Waals surface area contributed by atoms with Crippen LogP contribution < -0.4 is 5.73 Å². The van der Waals surface area contributed by atoms with E-state index in [1.165, 1.54) is 6.07 Å². The summed E-state index contributed by atoms with van der Waals surface area (Å²) in [7, 11) is 0. The summed E-state index contributed by atoms with van der Waals surface area (Å²) in [5.74, 6) is 0. The number of halogens is 6. The van der Waals surface area contributed by atoms with Gasteiger partial charge in [0.05, 0.1) is 10.0 Å². The maximum atomic E-state index is 12.3. The molecule has 0 unspecified atom stereocenters. The predicted molar refractivity (Wildman–Crippen MR) is 54.5 cm³/mol. The second-order valence-electron chi connectivity index (χ2n) is 2.81. The molecule has 0 saturated heterocycles. The Morgan fingerprint density at radius 1 is 1.13 bits per heavy atom. The van der Waals surface area contributed by atoms with Gasteiger partial charge in [-0.2, -0.15) is 13.2 Å². The Morgan fingerprint density at radius 3 is 2.13 bits per heavy atom. The maximum absolute atomic E-state index is 12.3. The monoisotopic (exact) mass is 277 g/mol. The maximum Gasteiger partial charge on any atom is 0.407 e. The van der Waals surface area contributed by atoms with Gasteiger partial charge in [-0.3, -0.25) is 0 Å². The fourth-order valence-electron chi connectivity index (χ4n) is 0.979. The zero-order chi connectivity index (χ0) is 11.8. The third-order valence-electron chi connectivity index (χ3n) is 1.71. The molecule has 0 amide bonds. The lowest BCUT2D eigenvalue weighted by atomic mass is 10.1. The van der Waals surface area contributed by atoms with Crippen LogP contribution in [-0.2, 0) is 0 Å². The predicted octanol–water partition coefficient (Wildman–Crippen LogP) is 4.21. The number of benzene rings is 1. The molecule has 7 heteroatoms. The second kappa shape index (κ2) is 4.37. The lowest BCUT2D eigenvalue weighted by molar-refractivity contribution is -0.149. The van der Waals surface area contributed by atoms with Crippen molar-refractivity contribution in [3.8, 4) is 0 Å². The van der Waals surface area contributed by atoms with E-state index in [-0.39, 0.29) is 20.6 Å². The van der Waals surface area contributed by atoms with E-state index in [0.29, 0.717) is 0 Å². The number of alkyl halides is 3. The summed E-state index contributed by atoms with van der Waals surface area (Å²) in [6, 6.07) is 0.104. The number of nitrogens with two attached hydrogens (primary N) is 1. The fourth-order valence-corrected chi connectivity index (χ4v) is 1.71. The van der Waals surface area contributed by atoms with Crippen molar-refractivity contribution in [3.63, 3.8) is 0 Å². The van der Waals surface area contributed by atoms with E-state index in [4.69, 9.17) is 40.5 Å². The molecule has 2 N–H and O–H groups in total. The van der Waals surface area contributed by atoms with Crippen molar-refractivity contribution in [3.05, 3.63) is 32.8 Å². The van der Waals surface area contributed by atoms with E-state index in [2.05, 4.69) is 0 Å². The molecule has 1 aromatic rings. The van der Waals surface area contributed by atoms with E-state index >= 15 is 0 Å². The van der Waals surface area contributed by atoms with Crippen molar-refractivity contribution in [1.29, 1.82) is 0 Å². The Balaban J connectivity index is 3.25. The molecule has 0 saturated carbocycles. The van der Waals surface area contributed by atoms with Gasteiger partial charge in [0.25, 0.3) is 0 Å². The highest BCUT2D eigenvalue weighted by molar-refractivity contribution is 6.43. The van der Waals surface area contributed by atoms with Crippen LogP contribution in [0.2, 0.25) is 15.1 Å². The number of rotatable bonds is 1. The van der Waals surface area contributed by atoms with E-state index in [1.807, 2.05) is 0 Å². The Bertz CT molecular complexity index is 378. The molecule has 0 spiro atoms. The summed E-state index contributed by atoms with van der Waals surface area (Å²) in [5, 5.41) is -0.233. The van der Waals surface area contributed by atoms with E-state index in [9.17, 15) is 13.2 Å². The third kappa shape index (κ3) is 2.91. The third-order valence-corrected chi connectivity index (χ3v) is 2.74. The topological polar surface area (TPSA) is 26.0 Å². The van der Waals surface area contributed by atoms with E-state index in [1.54, 1.807) is 0 Å². The van der Waals surface area contributed by atoms with Gasteiger partial charge in [0.2, 0.25) is 0 Å². The average Bonchev–Trinajstić information content (AvgIpc) is 2.08. The Kier molecular flexibility index (Phi) is 3.76. The van der Waals surface area contributed by atoms with Gasteiger partial charge in [0.1, 0.15) is 6.04 Å². The summed E-state index contributed by atoms with van der Waals surface area (Å²) in [4.78, 5) is 0. The molecule has 84 valence electrons. The summed E-state index contributed by atoms with van der Waals surface area (Å²) in [5.41, 5.74) is 4.65. The molecule has 0 aliphatic carbocycles. The summed E-state index contributed by atoms with van der Waals surface area (Å²) < 4.78 is 36.9. The molecular weight excluding hydrogens is 273 g/mol. The highest BCUT2D eigenvalue weighted by atomic mass is 35.5. The molecule has 0 fully saturated rings. The first-order valence-electron chi connectivity index (χ1n) is 3.70. The normalized spacial score (nSPS) is 14.1. The SMILES string of the molecule is N[C@@H](c1cc(Cl)cc(Cl)c1Cl)C(F)(F)F. The standard InChI is InChI=1S/C8H5Cl3F3N/c9-3-1-4(6(11)5(10)2-3)7(15)8(12,13)14/h1-2,7H,15H2/t7-/m0/s1. The molecular formula is C8H5Cl3F3N. The zero-order valence-electron chi connectivity index (χ0n) is 7.08. The molecule has 0 aliphatic rings. The van der Waals surface area contributed by atoms with E-state index < -0.39 is 12.2 Å². The van der Waals surface area contributed by atoms with Crippen LogP contribution in [0.4, 0.5) is 13.2 Å². The van der Waals surface area contributed by atoms with Gasteiger partial charge in [-0.05, 0) is 17.7 Å². The first-order valence-corrected chi connectivity index (χ1v) is 4.83. The van der Waals surface area contributed by atoms with Crippen molar-refractivity contribution >= 4 is 34.8 Å². The van der Waals surface area contributed by atoms with Crippen molar-refractivity contribution < 1.29 is 13.2 Å². The van der Waals surface area contributed by atoms with Crippen molar-refractivity contribution in [2.75, 3.05) is 0 Å². The van der Waals surface area contributed by atoms with Gasteiger partial charge >= 0.3 is 6.18 Å². The number of hydrogen-bond donors (Lipinski definition) is 1. The summed E-state index contributed by atoms with van der Waals surface area (Å²) >= 11 is 16.7. The van der Waals surface area contributed by atoms with Crippen LogP contribution in [0.15, 0.2) is 12.1 Å². The van der Waals surface area contributed by atoms with Crippen LogP contribution >= 0.6 is 34.8 Å². The molecule has 0 aliphatic heterocycles. The minimum absolute atomic E-state index is 0.0547. The molecule has 1 atom stereocenters. The molecule has 1 nitrogen and oxygen atoms in total. The van der Waals surface area contributed by atoms with Gasteiger partial charge in [-0.1, -0.05) is 34.8 Å². The molecule has 0 heterocycles. The van der Waals surface area contributed by atoms with Crippen molar-refractivity contribution in [2.45, 2.75) is 12.2 Å². The smallest absolute Gasteiger partial charge is 0.316 e. The Labute approximate surface area is 98.9 Å². The fraction of sp³-hybridized carbons (Fsp3) is 0.250. The van der Waals surface area contributed by atoms with Crippen molar-refractivity contribution in [1.82, 2.24) is 0 Å². The summed E-state index contributed by atoms with van der Waals surface area (Å²) in [6.45, 7) is 0. The zero-order valence-corrected chi connectivity index (χ0v) is 9.34. The van der Waals surface area contributed by atoms with Crippen molar-refractivity contribution in [2.24, 2.45) is 5.73 Å². The molecule has 1 rings (SSSR count). The number of hydrogen-bond acceptors (Lipinski definition) is 1. The van der Waals surface area contributed by atoms with Crippen LogP contribution in [0.5, 0.6) is 0 Å². The minimum Gasteiger partial charge on any atom is -0.316 e. The first-order chi connectivity index (χ1) is 6.73. The van der Waals surface area contributed by atoms with E-state index in [0.717, 1.165) is 6.07 Å². The lowest BCUT2D eigenvalue weighted by Gasteiger charge is -2.17. The van der Waals surface area contributed by atoms with Crippen LogP contribution in [-0.4, -0.2) is 6.18 Å². The quantitative estimate of drug-likeness (QED) is 0.765. The Hall–Kier alpha value is -0.160. The minimum atomic E-state index is -4.59. The first kappa shape index (κ1) is 12.9. The lowest BCUT2D eigenvalue weighted by Crippen LogP contribution is -2.28. The summed E-state index contributed by atoms with van der Waals surface area (Å²) in [6.07, 6.45) is -4.59. The molecule has 1 aromatic carbocycles. The van der Waals surface area contributed by atoms with Crippen LogP contribution in [0, 0.1) is 0 Å². The largest absolute Gasteiger partial charge is 0.407 e. The molecule has 0 radical (unpaired) electrons. The Morgan fingerprint density at radius 2 is 1.67 bits per heavy atom. The molecule has 15 heavy (non-hydrogen) atoms. The van der Waals surface area contributed by atoms with Gasteiger partial charge in [0, 0.05) is 5.02 Å². The van der Waals surface area contributed by atoms with Gasteiger partial charge < -0.3 is 5.73 Å². The highest BCUT2D eigenvalue weighted by Gasteiger charge is 2.39. The van der Waals surface area contributed by atoms with Crippen LogP contribution in [0.1, 0.15) is 11.6 Å².